The largest absolute Gasteiger partial charge is 0.354 e. The number of carbonyl (C=O) groups excluding carboxylic acids is 2. The van der Waals surface area contributed by atoms with Crippen molar-refractivity contribution in [2.24, 2.45) is 5.92 Å². The molecular formula is C18H26FN3O2. The van der Waals surface area contributed by atoms with Crippen molar-refractivity contribution < 1.29 is 14.0 Å². The summed E-state index contributed by atoms with van der Waals surface area (Å²) in [5, 5.41) is 2.94. The van der Waals surface area contributed by atoms with Gasteiger partial charge in [-0.05, 0) is 30.8 Å². The minimum Gasteiger partial charge on any atom is -0.354 e. The van der Waals surface area contributed by atoms with Gasteiger partial charge < -0.3 is 15.1 Å². The zero-order chi connectivity index (χ0) is 17.7. The number of amides is 2. The second-order valence-corrected chi connectivity index (χ2v) is 6.13. The molecule has 1 aromatic carbocycles. The number of nitrogens with zero attached hydrogens (tertiary/aromatic N) is 2. The van der Waals surface area contributed by atoms with Gasteiger partial charge >= 0.3 is 0 Å². The van der Waals surface area contributed by atoms with Gasteiger partial charge in [-0.15, -0.1) is 0 Å². The summed E-state index contributed by atoms with van der Waals surface area (Å²) in [5.41, 5.74) is 0.786. The molecule has 1 aliphatic rings. The summed E-state index contributed by atoms with van der Waals surface area (Å²) in [4.78, 5) is 28.5. The van der Waals surface area contributed by atoms with Crippen molar-refractivity contribution in [3.63, 3.8) is 0 Å². The van der Waals surface area contributed by atoms with Crippen LogP contribution in [-0.4, -0.2) is 54.8 Å². The fourth-order valence-electron chi connectivity index (χ4n) is 3.23. The molecule has 5 nitrogen and oxygen atoms in total. The molecule has 0 bridgehead atoms. The molecule has 1 N–H and O–H groups in total. The predicted octanol–water partition coefficient (Wildman–Crippen LogP) is 1.80. The first kappa shape index (κ1) is 18.4. The van der Waals surface area contributed by atoms with Crippen LogP contribution in [0.5, 0.6) is 0 Å². The van der Waals surface area contributed by atoms with E-state index in [0.29, 0.717) is 6.54 Å². The summed E-state index contributed by atoms with van der Waals surface area (Å²) < 4.78 is 13.1. The summed E-state index contributed by atoms with van der Waals surface area (Å²) in [6.07, 6.45) is 0.190. The van der Waals surface area contributed by atoms with Crippen LogP contribution >= 0.6 is 0 Å². The van der Waals surface area contributed by atoms with Crippen molar-refractivity contribution in [1.29, 1.82) is 0 Å². The van der Waals surface area contributed by atoms with Crippen LogP contribution < -0.4 is 5.32 Å². The number of benzene rings is 1. The maximum Gasteiger partial charge on any atom is 0.226 e. The van der Waals surface area contributed by atoms with E-state index >= 15 is 0 Å². The lowest BCUT2D eigenvalue weighted by atomic mass is 9.93. The lowest BCUT2D eigenvalue weighted by Gasteiger charge is -2.25. The summed E-state index contributed by atoms with van der Waals surface area (Å²) in [6.45, 7) is 7.40. The molecule has 0 aliphatic carbocycles. The van der Waals surface area contributed by atoms with Gasteiger partial charge in [0.2, 0.25) is 11.8 Å². The summed E-state index contributed by atoms with van der Waals surface area (Å²) in [6, 6.07) is 5.67. The van der Waals surface area contributed by atoms with Gasteiger partial charge in [-0.1, -0.05) is 26.0 Å². The molecule has 0 spiro atoms. The van der Waals surface area contributed by atoms with Crippen molar-refractivity contribution in [3.05, 3.63) is 35.6 Å². The molecule has 6 heteroatoms. The second kappa shape index (κ2) is 8.24. The van der Waals surface area contributed by atoms with Crippen molar-refractivity contribution in [2.45, 2.75) is 26.3 Å². The molecule has 132 valence electrons. The Morgan fingerprint density at radius 1 is 1.29 bits per heavy atom. The third-order valence-electron chi connectivity index (χ3n) is 4.76. The van der Waals surface area contributed by atoms with Crippen LogP contribution in [0.3, 0.4) is 0 Å². The number of likely N-dealkylation sites (tertiary alicyclic amines) is 1. The van der Waals surface area contributed by atoms with E-state index in [1.54, 1.807) is 24.1 Å². The lowest BCUT2D eigenvalue weighted by Crippen LogP contribution is -2.39. The minimum atomic E-state index is -0.440. The van der Waals surface area contributed by atoms with Crippen molar-refractivity contribution >= 4 is 11.8 Å². The smallest absolute Gasteiger partial charge is 0.226 e. The third-order valence-corrected chi connectivity index (χ3v) is 4.76. The van der Waals surface area contributed by atoms with E-state index in [0.717, 1.165) is 25.2 Å². The van der Waals surface area contributed by atoms with Gasteiger partial charge in [0.05, 0.1) is 12.0 Å². The van der Waals surface area contributed by atoms with E-state index in [-0.39, 0.29) is 30.1 Å². The molecule has 2 rings (SSSR count). The molecule has 1 aliphatic heterocycles. The van der Waals surface area contributed by atoms with E-state index < -0.39 is 5.92 Å². The molecule has 1 saturated heterocycles. The van der Waals surface area contributed by atoms with E-state index in [4.69, 9.17) is 0 Å². The Hall–Kier alpha value is -1.95. The van der Waals surface area contributed by atoms with Crippen LogP contribution in [-0.2, 0) is 9.59 Å². The average Bonchev–Trinajstić information content (AvgIpc) is 2.88. The SMILES string of the molecule is CCN(CC)CCNC(=O)[C@@H]1CC(=O)N(C)[C@@H]1c1ccc(F)cc1. The Balaban J connectivity index is 2.04. The van der Waals surface area contributed by atoms with E-state index in [2.05, 4.69) is 24.1 Å². The Morgan fingerprint density at radius 2 is 1.92 bits per heavy atom. The zero-order valence-electron chi connectivity index (χ0n) is 14.6. The summed E-state index contributed by atoms with van der Waals surface area (Å²) in [5.74, 6) is -0.946. The van der Waals surface area contributed by atoms with E-state index in [1.165, 1.54) is 12.1 Å². The first-order valence-corrected chi connectivity index (χ1v) is 8.49. The maximum atomic E-state index is 13.1. The highest BCUT2D eigenvalue weighted by Gasteiger charge is 2.42. The number of halogens is 1. The zero-order valence-corrected chi connectivity index (χ0v) is 14.6. The molecule has 0 unspecified atom stereocenters. The van der Waals surface area contributed by atoms with E-state index in [1.807, 2.05) is 0 Å². The highest BCUT2D eigenvalue weighted by atomic mass is 19.1. The van der Waals surface area contributed by atoms with Crippen LogP contribution in [0.2, 0.25) is 0 Å². The molecule has 2 amide bonds. The van der Waals surface area contributed by atoms with Crippen LogP contribution in [0, 0.1) is 11.7 Å². The second-order valence-electron chi connectivity index (χ2n) is 6.13. The third kappa shape index (κ3) is 4.12. The number of nitrogens with one attached hydrogen (secondary N) is 1. The van der Waals surface area contributed by atoms with Gasteiger partial charge in [0, 0.05) is 26.6 Å². The minimum absolute atomic E-state index is 0.0618. The standard InChI is InChI=1S/C18H26FN3O2/c1-4-22(5-2)11-10-20-18(24)15-12-16(23)21(3)17(15)13-6-8-14(19)9-7-13/h6-9,15,17H,4-5,10-12H2,1-3H3,(H,20,24)/t15-,17-/m1/s1. The first-order valence-electron chi connectivity index (χ1n) is 8.49. The van der Waals surface area contributed by atoms with Gasteiger partial charge in [0.25, 0.3) is 0 Å². The number of hydrogen-bond donors (Lipinski definition) is 1. The lowest BCUT2D eigenvalue weighted by molar-refractivity contribution is -0.128. The fraction of sp³-hybridized carbons (Fsp3) is 0.556. The topological polar surface area (TPSA) is 52.7 Å². The quantitative estimate of drug-likeness (QED) is 0.827. The van der Waals surface area contributed by atoms with Gasteiger partial charge in [-0.2, -0.15) is 0 Å². The molecule has 1 aromatic rings. The number of carbonyl (C=O) groups is 2. The molecule has 24 heavy (non-hydrogen) atoms. The van der Waals surface area contributed by atoms with Gasteiger partial charge in [0.15, 0.2) is 0 Å². The van der Waals surface area contributed by atoms with Crippen molar-refractivity contribution in [2.75, 3.05) is 33.2 Å². The number of hydrogen-bond acceptors (Lipinski definition) is 3. The van der Waals surface area contributed by atoms with Crippen LogP contribution in [0.15, 0.2) is 24.3 Å². The maximum absolute atomic E-state index is 13.1. The Labute approximate surface area is 142 Å². The Kier molecular flexibility index (Phi) is 6.31. The molecular weight excluding hydrogens is 309 g/mol. The van der Waals surface area contributed by atoms with Crippen LogP contribution in [0.4, 0.5) is 4.39 Å². The van der Waals surface area contributed by atoms with Gasteiger partial charge in [-0.25, -0.2) is 4.39 Å². The predicted molar refractivity (Wildman–Crippen MR) is 90.8 cm³/mol. The van der Waals surface area contributed by atoms with Gasteiger partial charge in [0.1, 0.15) is 5.82 Å². The van der Waals surface area contributed by atoms with Crippen molar-refractivity contribution in [3.8, 4) is 0 Å². The summed E-state index contributed by atoms with van der Waals surface area (Å²) >= 11 is 0. The number of rotatable bonds is 7. The monoisotopic (exact) mass is 335 g/mol. The number of likely N-dealkylation sites (N-methyl/N-ethyl adjacent to an activating group) is 1. The molecule has 1 heterocycles. The van der Waals surface area contributed by atoms with Gasteiger partial charge in [-0.3, -0.25) is 9.59 Å². The molecule has 1 fully saturated rings. The normalized spacial score (nSPS) is 20.7. The van der Waals surface area contributed by atoms with Crippen LogP contribution in [0.1, 0.15) is 31.9 Å². The average molecular weight is 335 g/mol. The molecule has 0 radical (unpaired) electrons. The first-order chi connectivity index (χ1) is 11.5. The molecule has 0 saturated carbocycles. The summed E-state index contributed by atoms with van der Waals surface area (Å²) in [7, 11) is 1.69. The highest BCUT2D eigenvalue weighted by molar-refractivity contribution is 5.90. The van der Waals surface area contributed by atoms with Crippen molar-refractivity contribution in [1.82, 2.24) is 15.1 Å². The Morgan fingerprint density at radius 3 is 2.50 bits per heavy atom. The van der Waals surface area contributed by atoms with E-state index in [9.17, 15) is 14.0 Å². The molecule has 2 atom stereocenters. The highest BCUT2D eigenvalue weighted by Crippen LogP contribution is 2.37. The van der Waals surface area contributed by atoms with Crippen LogP contribution in [0.25, 0.3) is 0 Å². The molecule has 0 aromatic heterocycles. The Bertz CT molecular complexity index is 572. The fourth-order valence-corrected chi connectivity index (χ4v) is 3.23.